The Morgan fingerprint density at radius 3 is 1.62 bits per heavy atom. The number of hydrogen-bond donors (Lipinski definition) is 3. The summed E-state index contributed by atoms with van der Waals surface area (Å²) >= 11 is 0. The molecule has 0 spiro atoms. The molecule has 5 heteroatoms. The quantitative estimate of drug-likeness (QED) is 0.198. The maximum absolute atomic E-state index is 14.3. The van der Waals surface area contributed by atoms with Gasteiger partial charge in [0.25, 0.3) is 0 Å². The molecule has 0 saturated heterocycles. The van der Waals surface area contributed by atoms with Crippen LogP contribution in [-0.2, 0) is 28.9 Å². The summed E-state index contributed by atoms with van der Waals surface area (Å²) in [5, 5.41) is 27.2. The molecule has 3 N–H and O–H groups in total. The number of aromatic hydroxyl groups is 1. The van der Waals surface area contributed by atoms with Crippen molar-refractivity contribution in [2.24, 2.45) is 5.41 Å². The number of fused-ring (bicyclic) bond motifs is 2. The molecule has 0 aromatic heterocycles. The fraction of sp³-hybridized carbons (Fsp3) is 0.200. The lowest BCUT2D eigenvalue weighted by Crippen LogP contribution is -2.58. The molecule has 5 aromatic rings. The van der Waals surface area contributed by atoms with Crippen molar-refractivity contribution < 1.29 is 19.8 Å². The SMILES string of the molecule is CC(Cc1cccc2ccccc12)(Cc1cccc2ccccc12)C(=O)NC(C)(Cc1ccc(O)cc1)C(=O)O. The molecule has 202 valence electrons. The summed E-state index contributed by atoms with van der Waals surface area (Å²) in [5.41, 5.74) is 0.262. The van der Waals surface area contributed by atoms with Gasteiger partial charge in [-0.25, -0.2) is 4.79 Å². The first kappa shape index (κ1) is 26.9. The van der Waals surface area contributed by atoms with Gasteiger partial charge in [-0.15, -0.1) is 0 Å². The molecule has 0 fully saturated rings. The molecule has 5 aromatic carbocycles. The van der Waals surface area contributed by atoms with Crippen molar-refractivity contribution in [3.8, 4) is 5.75 Å². The fourth-order valence-electron chi connectivity index (χ4n) is 5.55. The maximum Gasteiger partial charge on any atom is 0.329 e. The monoisotopic (exact) mass is 531 g/mol. The molecule has 0 radical (unpaired) electrons. The molecule has 0 aliphatic heterocycles. The van der Waals surface area contributed by atoms with Crippen molar-refractivity contribution in [3.05, 3.63) is 126 Å². The number of nitrogens with one attached hydrogen (secondary N) is 1. The van der Waals surface area contributed by atoms with E-state index in [0.29, 0.717) is 18.4 Å². The van der Waals surface area contributed by atoms with Crippen LogP contribution in [0.5, 0.6) is 5.75 Å². The zero-order valence-corrected chi connectivity index (χ0v) is 22.7. The van der Waals surface area contributed by atoms with E-state index in [0.717, 1.165) is 32.7 Å². The minimum absolute atomic E-state index is 0.0764. The normalized spacial score (nSPS) is 13.2. The van der Waals surface area contributed by atoms with Crippen LogP contribution in [0.4, 0.5) is 0 Å². The van der Waals surface area contributed by atoms with Crippen LogP contribution in [-0.4, -0.2) is 27.6 Å². The second kappa shape index (κ2) is 10.9. The summed E-state index contributed by atoms with van der Waals surface area (Å²) < 4.78 is 0. The zero-order chi connectivity index (χ0) is 28.3. The Morgan fingerprint density at radius 2 is 1.12 bits per heavy atom. The van der Waals surface area contributed by atoms with Crippen LogP contribution in [0.1, 0.15) is 30.5 Å². The van der Waals surface area contributed by atoms with Crippen LogP contribution in [0.2, 0.25) is 0 Å². The van der Waals surface area contributed by atoms with Gasteiger partial charge in [-0.2, -0.15) is 0 Å². The van der Waals surface area contributed by atoms with Crippen molar-refractivity contribution in [3.63, 3.8) is 0 Å². The van der Waals surface area contributed by atoms with Crippen LogP contribution in [0.3, 0.4) is 0 Å². The number of phenols is 1. The van der Waals surface area contributed by atoms with Crippen LogP contribution in [0.25, 0.3) is 21.5 Å². The zero-order valence-electron chi connectivity index (χ0n) is 22.7. The number of rotatable bonds is 9. The minimum atomic E-state index is -1.55. The molecule has 1 atom stereocenters. The Labute approximate surface area is 234 Å². The van der Waals surface area contributed by atoms with Crippen LogP contribution in [0.15, 0.2) is 109 Å². The van der Waals surface area contributed by atoms with E-state index in [1.54, 1.807) is 12.1 Å². The predicted octanol–water partition coefficient (Wildman–Crippen LogP) is 6.69. The van der Waals surface area contributed by atoms with E-state index in [-0.39, 0.29) is 18.1 Å². The molecule has 1 amide bonds. The summed E-state index contributed by atoms with van der Waals surface area (Å²) in [5.74, 6) is -1.34. The molecule has 5 nitrogen and oxygen atoms in total. The summed E-state index contributed by atoms with van der Waals surface area (Å²) in [6, 6.07) is 34.8. The molecule has 0 aliphatic rings. The summed E-state index contributed by atoms with van der Waals surface area (Å²) in [7, 11) is 0. The average Bonchev–Trinajstić information content (AvgIpc) is 2.94. The van der Waals surface area contributed by atoms with E-state index in [4.69, 9.17) is 0 Å². The Kier molecular flexibility index (Phi) is 7.31. The molecular weight excluding hydrogens is 498 g/mol. The number of carbonyl (C=O) groups is 2. The van der Waals surface area contributed by atoms with Crippen molar-refractivity contribution in [2.45, 2.75) is 38.6 Å². The van der Waals surface area contributed by atoms with E-state index in [2.05, 4.69) is 41.7 Å². The number of amides is 1. The van der Waals surface area contributed by atoms with Crippen LogP contribution < -0.4 is 5.32 Å². The summed E-state index contributed by atoms with van der Waals surface area (Å²) in [6.45, 7) is 3.46. The highest BCUT2D eigenvalue weighted by molar-refractivity contribution is 5.92. The van der Waals surface area contributed by atoms with Crippen molar-refractivity contribution in [2.75, 3.05) is 0 Å². The van der Waals surface area contributed by atoms with E-state index >= 15 is 0 Å². The highest BCUT2D eigenvalue weighted by Gasteiger charge is 2.42. The van der Waals surface area contributed by atoms with Gasteiger partial charge in [0.15, 0.2) is 0 Å². The number of benzene rings is 5. The van der Waals surface area contributed by atoms with Crippen molar-refractivity contribution in [1.82, 2.24) is 5.32 Å². The van der Waals surface area contributed by atoms with Gasteiger partial charge in [-0.1, -0.05) is 104 Å². The van der Waals surface area contributed by atoms with Gasteiger partial charge >= 0.3 is 5.97 Å². The van der Waals surface area contributed by atoms with Gasteiger partial charge in [0.1, 0.15) is 11.3 Å². The number of carbonyl (C=O) groups excluding carboxylic acids is 1. The lowest BCUT2D eigenvalue weighted by Gasteiger charge is -2.35. The molecule has 0 heterocycles. The van der Waals surface area contributed by atoms with Gasteiger partial charge in [-0.3, -0.25) is 4.79 Å². The third kappa shape index (κ3) is 5.55. The molecule has 0 aliphatic carbocycles. The second-order valence-electron chi connectivity index (χ2n) is 11.1. The maximum atomic E-state index is 14.3. The Morgan fingerprint density at radius 1 is 0.650 bits per heavy atom. The number of carboxylic acid groups (broad SMARTS) is 1. The highest BCUT2D eigenvalue weighted by atomic mass is 16.4. The van der Waals surface area contributed by atoms with E-state index in [9.17, 15) is 19.8 Å². The highest BCUT2D eigenvalue weighted by Crippen LogP contribution is 2.34. The fourth-order valence-corrected chi connectivity index (χ4v) is 5.55. The lowest BCUT2D eigenvalue weighted by molar-refractivity contribution is -0.148. The van der Waals surface area contributed by atoms with Gasteiger partial charge in [-0.05, 0) is 70.1 Å². The van der Waals surface area contributed by atoms with E-state index in [1.165, 1.54) is 19.1 Å². The van der Waals surface area contributed by atoms with Crippen molar-refractivity contribution >= 4 is 33.4 Å². The third-order valence-corrected chi connectivity index (χ3v) is 7.82. The molecule has 1 unspecified atom stereocenters. The number of phenolic OH excluding ortho intramolecular Hbond substituents is 1. The molecule has 5 rings (SSSR count). The predicted molar refractivity (Wildman–Crippen MR) is 159 cm³/mol. The second-order valence-corrected chi connectivity index (χ2v) is 11.1. The Hall–Kier alpha value is -4.64. The number of aliphatic carboxylic acids is 1. The number of carboxylic acids is 1. The van der Waals surface area contributed by atoms with Gasteiger partial charge < -0.3 is 15.5 Å². The standard InChI is InChI=1S/C35H33NO4/c1-34(22-27-13-7-11-25-9-3-5-15-30(25)27,23-28-14-8-12-26-10-4-6-16-31(26)28)32(38)36-35(2,33(39)40)21-24-17-19-29(37)20-18-24/h3-20,37H,21-23H2,1-2H3,(H,36,38)(H,39,40). The third-order valence-electron chi connectivity index (χ3n) is 7.82. The number of hydrogen-bond acceptors (Lipinski definition) is 3. The molecule has 0 saturated carbocycles. The van der Waals surface area contributed by atoms with Crippen molar-refractivity contribution in [1.29, 1.82) is 0 Å². The van der Waals surface area contributed by atoms with Crippen LogP contribution in [0, 0.1) is 5.41 Å². The molecule has 0 bridgehead atoms. The average molecular weight is 532 g/mol. The lowest BCUT2D eigenvalue weighted by atomic mass is 9.75. The largest absolute Gasteiger partial charge is 0.508 e. The van der Waals surface area contributed by atoms with Gasteiger partial charge in [0.05, 0.1) is 5.41 Å². The first-order chi connectivity index (χ1) is 19.2. The molecular formula is C35H33NO4. The molecule has 40 heavy (non-hydrogen) atoms. The first-order valence-electron chi connectivity index (χ1n) is 13.4. The Bertz CT molecular complexity index is 1600. The topological polar surface area (TPSA) is 86.6 Å². The Balaban J connectivity index is 1.55. The summed E-state index contributed by atoms with van der Waals surface area (Å²) in [4.78, 5) is 26.9. The summed E-state index contributed by atoms with van der Waals surface area (Å²) in [6.07, 6.45) is 0.934. The minimum Gasteiger partial charge on any atom is -0.508 e. The smallest absolute Gasteiger partial charge is 0.329 e. The van der Waals surface area contributed by atoms with E-state index in [1.807, 2.05) is 55.5 Å². The van der Waals surface area contributed by atoms with Crippen LogP contribution >= 0.6 is 0 Å². The first-order valence-corrected chi connectivity index (χ1v) is 13.4. The van der Waals surface area contributed by atoms with Gasteiger partial charge in [0.2, 0.25) is 5.91 Å². The van der Waals surface area contributed by atoms with E-state index < -0.39 is 16.9 Å². The van der Waals surface area contributed by atoms with Gasteiger partial charge in [0, 0.05) is 6.42 Å².